The highest BCUT2D eigenvalue weighted by Gasteiger charge is 2.26. The number of rotatable bonds is 10. The molecule has 0 saturated heterocycles. The second kappa shape index (κ2) is 18.0. The molecule has 0 aromatic heterocycles. The van der Waals surface area contributed by atoms with Crippen molar-refractivity contribution in [3.8, 4) is 12.3 Å². The summed E-state index contributed by atoms with van der Waals surface area (Å²) in [4.78, 5) is 23.6. The highest BCUT2D eigenvalue weighted by molar-refractivity contribution is 6.04. The number of esters is 1. The molecule has 4 heteroatoms. The number of hydrogen-bond donors (Lipinski definition) is 1. The van der Waals surface area contributed by atoms with Crippen LogP contribution in [0.3, 0.4) is 0 Å². The van der Waals surface area contributed by atoms with Crippen molar-refractivity contribution >= 4 is 11.9 Å². The highest BCUT2D eigenvalue weighted by Crippen LogP contribution is 2.23. The number of unbranched alkanes of at least 4 members (excludes halogenated alkanes) is 4. The van der Waals surface area contributed by atoms with Crippen LogP contribution in [0.4, 0.5) is 0 Å². The smallest absolute Gasteiger partial charge is 0.339 e. The minimum absolute atomic E-state index is 0.160. The third-order valence-electron chi connectivity index (χ3n) is 4.25. The Morgan fingerprint density at radius 1 is 1.13 bits per heavy atom. The van der Waals surface area contributed by atoms with E-state index in [1.807, 2.05) is 26.8 Å². The molecule has 0 radical (unpaired) electrons. The van der Waals surface area contributed by atoms with Crippen molar-refractivity contribution in [1.29, 1.82) is 0 Å². The van der Waals surface area contributed by atoms with Gasteiger partial charge < -0.3 is 10.5 Å². The number of amides is 1. The Kier molecular flexibility index (Phi) is 17.7. The fourth-order valence-corrected chi connectivity index (χ4v) is 2.68. The second-order valence-corrected chi connectivity index (χ2v) is 7.65. The van der Waals surface area contributed by atoms with Crippen LogP contribution < -0.4 is 5.73 Å². The van der Waals surface area contributed by atoms with E-state index < -0.39 is 17.5 Å². The Morgan fingerprint density at radius 2 is 1.61 bits per heavy atom. The maximum Gasteiger partial charge on any atom is 0.339 e. The molecule has 0 fully saturated rings. The molecule has 2 N–H and O–H groups in total. The summed E-state index contributed by atoms with van der Waals surface area (Å²) in [6, 6.07) is 6.35. The normalized spacial score (nSPS) is 10.4. The fourth-order valence-electron chi connectivity index (χ4n) is 2.68. The molecule has 0 atom stereocenters. The first-order chi connectivity index (χ1) is 14.6. The molecule has 1 aromatic carbocycles. The molecule has 0 aliphatic heterocycles. The number of hydrogen-bond acceptors (Lipinski definition) is 3. The number of allylic oxidation sites excluding steroid dienone is 2. The molecule has 0 aliphatic carbocycles. The van der Waals surface area contributed by atoms with Crippen molar-refractivity contribution in [2.75, 3.05) is 0 Å². The van der Waals surface area contributed by atoms with E-state index >= 15 is 0 Å². The minimum Gasteiger partial charge on any atom is -0.456 e. The van der Waals surface area contributed by atoms with Crippen LogP contribution in [0.1, 0.15) is 101 Å². The summed E-state index contributed by atoms with van der Waals surface area (Å²) in [5, 5.41) is 0. The molecule has 172 valence electrons. The maximum atomic E-state index is 12.3. The Balaban J connectivity index is 0. The van der Waals surface area contributed by atoms with E-state index in [1.54, 1.807) is 25.1 Å². The molecule has 0 saturated carbocycles. The van der Waals surface area contributed by atoms with Crippen LogP contribution >= 0.6 is 0 Å². The topological polar surface area (TPSA) is 69.4 Å². The zero-order valence-electron chi connectivity index (χ0n) is 20.3. The fraction of sp³-hybridized carbons (Fsp3) is 0.481. The van der Waals surface area contributed by atoms with Crippen LogP contribution in [0.15, 0.2) is 48.6 Å². The molecule has 0 heterocycles. The van der Waals surface area contributed by atoms with Gasteiger partial charge in [-0.05, 0) is 45.4 Å². The first-order valence-electron chi connectivity index (χ1n) is 10.9. The number of benzene rings is 1. The summed E-state index contributed by atoms with van der Waals surface area (Å²) in [6.45, 7) is 15.4. The summed E-state index contributed by atoms with van der Waals surface area (Å²) in [5.41, 5.74) is 5.88. The first-order valence-corrected chi connectivity index (χ1v) is 10.9. The van der Waals surface area contributed by atoms with Crippen molar-refractivity contribution in [3.05, 3.63) is 59.7 Å². The van der Waals surface area contributed by atoms with Gasteiger partial charge in [0, 0.05) is 6.42 Å². The molecule has 0 bridgehead atoms. The van der Waals surface area contributed by atoms with E-state index in [0.717, 1.165) is 5.57 Å². The standard InChI is InChI=1S/C17H21NO3.C7H16.C3H4/c1-5-12(6-2)11-17(3,4)21-16(20)14-10-8-7-9-13(14)15(18)19;1-3-5-7-6-4-2;1-3-2/h5-10H,1,11H2,2-4H3,(H2,18,19);3-7H2,1-2H3;1H,2H3/b12-6+;;. The lowest BCUT2D eigenvalue weighted by molar-refractivity contribution is -0.000492. The molecule has 4 nitrogen and oxygen atoms in total. The van der Waals surface area contributed by atoms with E-state index in [9.17, 15) is 9.59 Å². The van der Waals surface area contributed by atoms with Crippen LogP contribution in [-0.4, -0.2) is 17.5 Å². The van der Waals surface area contributed by atoms with Crippen molar-refractivity contribution in [1.82, 2.24) is 0 Å². The van der Waals surface area contributed by atoms with Gasteiger partial charge in [0.15, 0.2) is 0 Å². The largest absolute Gasteiger partial charge is 0.456 e. The summed E-state index contributed by atoms with van der Waals surface area (Å²) in [7, 11) is 0. The summed E-state index contributed by atoms with van der Waals surface area (Å²) < 4.78 is 5.51. The zero-order valence-corrected chi connectivity index (χ0v) is 20.3. The number of nitrogens with two attached hydrogens (primary N) is 1. The van der Waals surface area contributed by atoms with Gasteiger partial charge in [0.2, 0.25) is 5.91 Å². The van der Waals surface area contributed by atoms with Crippen LogP contribution in [0.2, 0.25) is 0 Å². The third-order valence-corrected chi connectivity index (χ3v) is 4.25. The van der Waals surface area contributed by atoms with E-state index in [0.29, 0.717) is 6.42 Å². The average molecular weight is 428 g/mol. The lowest BCUT2D eigenvalue weighted by Gasteiger charge is -2.26. The monoisotopic (exact) mass is 427 g/mol. The van der Waals surface area contributed by atoms with Gasteiger partial charge in [-0.1, -0.05) is 76.8 Å². The SMILES string of the molecule is C#CC.C=C/C(=C\C)CC(C)(C)OC(=O)c1ccccc1C(N)=O.CCCCCCC. The predicted molar refractivity (Wildman–Crippen MR) is 132 cm³/mol. The lowest BCUT2D eigenvalue weighted by Crippen LogP contribution is -2.29. The van der Waals surface area contributed by atoms with Crippen molar-refractivity contribution in [3.63, 3.8) is 0 Å². The molecule has 0 aliphatic rings. The third kappa shape index (κ3) is 14.8. The van der Waals surface area contributed by atoms with Gasteiger partial charge in [-0.2, -0.15) is 0 Å². The molecule has 0 unspecified atom stereocenters. The number of carbonyl (C=O) groups excluding carboxylic acids is 2. The van der Waals surface area contributed by atoms with Crippen LogP contribution in [0.5, 0.6) is 0 Å². The predicted octanol–water partition coefficient (Wildman–Crippen LogP) is 6.86. The molecular weight excluding hydrogens is 386 g/mol. The van der Waals surface area contributed by atoms with Crippen molar-refractivity contribution < 1.29 is 14.3 Å². The molecular formula is C27H41NO3. The van der Waals surface area contributed by atoms with Crippen molar-refractivity contribution in [2.24, 2.45) is 5.73 Å². The van der Waals surface area contributed by atoms with Gasteiger partial charge in [0.25, 0.3) is 0 Å². The van der Waals surface area contributed by atoms with Gasteiger partial charge >= 0.3 is 5.97 Å². The summed E-state index contributed by atoms with van der Waals surface area (Å²) >= 11 is 0. The van der Waals surface area contributed by atoms with E-state index in [-0.39, 0.29) is 11.1 Å². The van der Waals surface area contributed by atoms with Crippen molar-refractivity contribution in [2.45, 2.75) is 85.7 Å². The Bertz CT molecular complexity index is 735. The molecule has 1 aromatic rings. The van der Waals surface area contributed by atoms with Gasteiger partial charge in [-0.15, -0.1) is 12.3 Å². The molecule has 1 amide bonds. The van der Waals surface area contributed by atoms with Crippen LogP contribution in [0.25, 0.3) is 0 Å². The number of primary amides is 1. The molecule has 0 spiro atoms. The van der Waals surface area contributed by atoms with Gasteiger partial charge in [0.1, 0.15) is 5.60 Å². The van der Waals surface area contributed by atoms with Crippen LogP contribution in [-0.2, 0) is 4.74 Å². The zero-order chi connectivity index (χ0) is 24.3. The minimum atomic E-state index is -0.710. The number of carbonyl (C=O) groups is 2. The summed E-state index contributed by atoms with van der Waals surface area (Å²) in [6.07, 6.45) is 15.8. The van der Waals surface area contributed by atoms with Crippen LogP contribution in [0, 0.1) is 12.3 Å². The highest BCUT2D eigenvalue weighted by atomic mass is 16.6. The molecule has 31 heavy (non-hydrogen) atoms. The lowest BCUT2D eigenvalue weighted by atomic mass is 9.97. The number of terminal acetylenes is 1. The first kappa shape index (κ1) is 30.4. The van der Waals surface area contributed by atoms with E-state index in [4.69, 9.17) is 10.5 Å². The summed E-state index contributed by atoms with van der Waals surface area (Å²) in [5.74, 6) is 1.04. The Morgan fingerprint density at radius 3 is 2.00 bits per heavy atom. The average Bonchev–Trinajstić information content (AvgIpc) is 2.73. The quantitative estimate of drug-likeness (QED) is 0.192. The Labute approximate surface area is 190 Å². The van der Waals surface area contributed by atoms with E-state index in [1.165, 1.54) is 44.2 Å². The van der Waals surface area contributed by atoms with Gasteiger partial charge in [-0.3, -0.25) is 4.79 Å². The van der Waals surface area contributed by atoms with E-state index in [2.05, 4.69) is 32.8 Å². The second-order valence-electron chi connectivity index (χ2n) is 7.65. The van der Waals surface area contributed by atoms with Gasteiger partial charge in [0.05, 0.1) is 11.1 Å². The van der Waals surface area contributed by atoms with Gasteiger partial charge in [-0.25, -0.2) is 4.79 Å². The maximum absolute atomic E-state index is 12.3. The Hall–Kier alpha value is -2.80. The number of ether oxygens (including phenoxy) is 1. The molecule has 1 rings (SSSR count).